The monoisotopic (exact) mass is 538 g/mol. The van der Waals surface area contributed by atoms with Crippen LogP contribution < -0.4 is 11.4 Å². The summed E-state index contributed by atoms with van der Waals surface area (Å²) in [4.78, 5) is 44.7. The summed E-state index contributed by atoms with van der Waals surface area (Å²) >= 11 is 0. The van der Waals surface area contributed by atoms with Crippen LogP contribution in [0.25, 0.3) is 23.3 Å². The highest BCUT2D eigenvalue weighted by atomic mass is 16.3. The Kier molecular flexibility index (Phi) is 5.75. The van der Waals surface area contributed by atoms with Gasteiger partial charge < -0.3 is 10.2 Å². The SMILES string of the molecule is CC(C)n1c(O)c(C=C2C=Nc3cnccc32)n(-n2c(C=C3C=Nc4cnccc43)c(O)n(C(C)C)c2=O)c1=O. The van der Waals surface area contributed by atoms with Crippen LogP contribution in [0.2, 0.25) is 0 Å². The molecule has 0 bridgehead atoms. The molecule has 4 aromatic rings. The van der Waals surface area contributed by atoms with Crippen LogP contribution in [0.3, 0.4) is 0 Å². The van der Waals surface area contributed by atoms with Crippen LogP contribution in [0, 0.1) is 0 Å². The summed E-state index contributed by atoms with van der Waals surface area (Å²) in [5.74, 6) is -0.658. The van der Waals surface area contributed by atoms with Crippen LogP contribution in [0.4, 0.5) is 11.4 Å². The summed E-state index contributed by atoms with van der Waals surface area (Å²) < 4.78 is 4.55. The van der Waals surface area contributed by atoms with E-state index < -0.39 is 23.5 Å². The number of pyridine rings is 2. The number of hydrogen-bond acceptors (Lipinski definition) is 8. The van der Waals surface area contributed by atoms with Crippen molar-refractivity contribution < 1.29 is 10.2 Å². The number of imidazole rings is 2. The highest BCUT2D eigenvalue weighted by Gasteiger charge is 2.29. The molecular formula is C28H26N8O4. The summed E-state index contributed by atoms with van der Waals surface area (Å²) in [7, 11) is 0. The van der Waals surface area contributed by atoms with Gasteiger partial charge >= 0.3 is 11.4 Å². The Morgan fingerprint density at radius 1 is 0.700 bits per heavy atom. The predicted octanol–water partition coefficient (Wildman–Crippen LogP) is 3.80. The van der Waals surface area contributed by atoms with Crippen molar-refractivity contribution in [2.75, 3.05) is 0 Å². The summed E-state index contributed by atoms with van der Waals surface area (Å²) in [5.41, 5.74) is 2.84. The summed E-state index contributed by atoms with van der Waals surface area (Å²) in [6, 6.07) is 2.70. The second-order valence-electron chi connectivity index (χ2n) is 10.0. The van der Waals surface area contributed by atoms with Gasteiger partial charge in [-0.25, -0.2) is 9.59 Å². The molecule has 0 radical (unpaired) electrons. The van der Waals surface area contributed by atoms with Gasteiger partial charge in [-0.1, -0.05) is 0 Å². The number of hydrogen-bond donors (Lipinski definition) is 2. The molecule has 202 valence electrons. The summed E-state index contributed by atoms with van der Waals surface area (Å²) in [5, 5.41) is 22.6. The van der Waals surface area contributed by atoms with E-state index in [-0.39, 0.29) is 23.1 Å². The van der Waals surface area contributed by atoms with Crippen molar-refractivity contribution in [3.63, 3.8) is 0 Å². The lowest BCUT2D eigenvalue weighted by atomic mass is 10.1. The standard InChI is InChI=1S/C28H26N8O4/c1-15(2)33-25(37)23(9-17-11-31-21-13-29-7-5-19(17)21)35(27(33)39)36-24(26(38)34(16(3)4)28(36)40)10-18-12-32-22-14-30-8-6-20(18)22/h5-16,37-38H,1-4H3. The fourth-order valence-electron chi connectivity index (χ4n) is 5.00. The highest BCUT2D eigenvalue weighted by molar-refractivity contribution is 6.22. The molecule has 0 aliphatic carbocycles. The average molecular weight is 539 g/mol. The average Bonchev–Trinajstić information content (AvgIpc) is 3.64. The Labute approximate surface area is 227 Å². The molecule has 0 aromatic carbocycles. The quantitative estimate of drug-likeness (QED) is 0.395. The Morgan fingerprint density at radius 2 is 1.10 bits per heavy atom. The zero-order valence-electron chi connectivity index (χ0n) is 22.2. The third kappa shape index (κ3) is 3.67. The van der Waals surface area contributed by atoms with E-state index in [1.54, 1.807) is 89.2 Å². The molecule has 12 heteroatoms. The molecule has 2 aliphatic rings. The van der Waals surface area contributed by atoms with Crippen molar-refractivity contribution >= 4 is 47.1 Å². The third-order valence-corrected chi connectivity index (χ3v) is 6.87. The van der Waals surface area contributed by atoms with Crippen molar-refractivity contribution in [2.24, 2.45) is 9.98 Å². The van der Waals surface area contributed by atoms with Crippen LogP contribution in [-0.2, 0) is 0 Å². The minimum atomic E-state index is -0.656. The van der Waals surface area contributed by atoms with E-state index in [1.165, 1.54) is 9.13 Å². The van der Waals surface area contributed by atoms with E-state index in [9.17, 15) is 19.8 Å². The predicted molar refractivity (Wildman–Crippen MR) is 153 cm³/mol. The molecular weight excluding hydrogens is 512 g/mol. The minimum absolute atomic E-state index is 0.0529. The smallest absolute Gasteiger partial charge is 0.351 e. The van der Waals surface area contributed by atoms with Gasteiger partial charge in [-0.15, -0.1) is 0 Å². The number of fused-ring (bicyclic) bond motifs is 2. The van der Waals surface area contributed by atoms with Crippen molar-refractivity contribution in [3.8, 4) is 11.8 Å². The molecule has 0 spiro atoms. The van der Waals surface area contributed by atoms with Gasteiger partial charge in [0, 0.05) is 59.2 Å². The minimum Gasteiger partial charge on any atom is -0.493 e. The van der Waals surface area contributed by atoms with Crippen LogP contribution in [0.5, 0.6) is 11.8 Å². The maximum Gasteiger partial charge on any atom is 0.351 e. The van der Waals surface area contributed by atoms with Crippen LogP contribution in [0.15, 0.2) is 56.5 Å². The fraction of sp³-hybridized carbons (Fsp3) is 0.214. The molecule has 2 aliphatic heterocycles. The van der Waals surface area contributed by atoms with Crippen molar-refractivity contribution in [1.29, 1.82) is 0 Å². The van der Waals surface area contributed by atoms with E-state index in [4.69, 9.17) is 0 Å². The largest absolute Gasteiger partial charge is 0.493 e. The molecule has 0 unspecified atom stereocenters. The lowest BCUT2D eigenvalue weighted by Crippen LogP contribution is -2.38. The number of aromatic nitrogens is 6. The van der Waals surface area contributed by atoms with E-state index in [0.29, 0.717) is 22.5 Å². The second kappa shape index (κ2) is 9.19. The second-order valence-corrected chi connectivity index (χ2v) is 10.0. The van der Waals surface area contributed by atoms with E-state index in [2.05, 4.69) is 20.0 Å². The first-order valence-corrected chi connectivity index (χ1v) is 12.7. The van der Waals surface area contributed by atoms with Gasteiger partial charge in [-0.2, -0.15) is 9.35 Å². The third-order valence-electron chi connectivity index (χ3n) is 6.87. The first kappa shape index (κ1) is 25.0. The fourth-order valence-corrected chi connectivity index (χ4v) is 5.00. The Bertz CT molecular complexity index is 1790. The number of aromatic hydroxyl groups is 2. The Morgan fingerprint density at radius 3 is 1.48 bits per heavy atom. The van der Waals surface area contributed by atoms with E-state index >= 15 is 0 Å². The van der Waals surface area contributed by atoms with Crippen LogP contribution in [-0.4, -0.2) is 51.1 Å². The molecule has 2 N–H and O–H groups in total. The number of aliphatic imine (C=N–C) groups is 2. The first-order chi connectivity index (χ1) is 19.2. The summed E-state index contributed by atoms with van der Waals surface area (Å²) in [6.07, 6.45) is 12.9. The molecule has 0 saturated heterocycles. The van der Waals surface area contributed by atoms with Crippen molar-refractivity contribution in [1.82, 2.24) is 28.5 Å². The number of rotatable bonds is 5. The van der Waals surface area contributed by atoms with Crippen LogP contribution >= 0.6 is 0 Å². The van der Waals surface area contributed by atoms with E-state index in [1.807, 2.05) is 0 Å². The van der Waals surface area contributed by atoms with Gasteiger partial charge in [0.25, 0.3) is 0 Å². The van der Waals surface area contributed by atoms with Gasteiger partial charge in [0.2, 0.25) is 11.8 Å². The molecule has 0 amide bonds. The van der Waals surface area contributed by atoms with Gasteiger partial charge in [0.05, 0.1) is 23.8 Å². The zero-order valence-corrected chi connectivity index (χ0v) is 22.2. The normalized spacial score (nSPS) is 15.8. The van der Waals surface area contributed by atoms with Gasteiger partial charge in [-0.3, -0.25) is 29.1 Å². The van der Waals surface area contributed by atoms with Crippen LogP contribution in [0.1, 0.15) is 62.3 Å². The summed E-state index contributed by atoms with van der Waals surface area (Å²) in [6.45, 7) is 7.01. The number of nitrogens with zero attached hydrogens (tertiary/aromatic N) is 8. The molecule has 6 heterocycles. The lowest BCUT2D eigenvalue weighted by Gasteiger charge is -2.08. The molecule has 4 aromatic heterocycles. The molecule has 0 atom stereocenters. The molecule has 6 rings (SSSR count). The van der Waals surface area contributed by atoms with E-state index in [0.717, 1.165) is 20.5 Å². The Hall–Kier alpha value is -5.26. The van der Waals surface area contributed by atoms with Gasteiger partial charge in [-0.05, 0) is 52.0 Å². The molecule has 40 heavy (non-hydrogen) atoms. The van der Waals surface area contributed by atoms with Crippen molar-refractivity contribution in [2.45, 2.75) is 39.8 Å². The van der Waals surface area contributed by atoms with Crippen molar-refractivity contribution in [3.05, 3.63) is 80.4 Å². The highest BCUT2D eigenvalue weighted by Crippen LogP contribution is 2.35. The molecule has 0 fully saturated rings. The topological polar surface area (TPSA) is 145 Å². The maximum atomic E-state index is 13.9. The molecule has 12 nitrogen and oxygen atoms in total. The van der Waals surface area contributed by atoms with Gasteiger partial charge in [0.1, 0.15) is 11.4 Å². The first-order valence-electron chi connectivity index (χ1n) is 12.7. The molecule has 0 saturated carbocycles. The lowest BCUT2D eigenvalue weighted by molar-refractivity contribution is 0.393. The van der Waals surface area contributed by atoms with Gasteiger partial charge in [0.15, 0.2) is 0 Å². The zero-order chi connectivity index (χ0) is 28.3. The Balaban J connectivity index is 1.67. The maximum absolute atomic E-state index is 13.9. The number of allylic oxidation sites excluding steroid dienone is 2.